The highest BCUT2D eigenvalue weighted by atomic mass is 16.6. The minimum absolute atomic E-state index is 0.0580. The van der Waals surface area contributed by atoms with Crippen LogP contribution in [0.25, 0.3) is 0 Å². The van der Waals surface area contributed by atoms with Crippen molar-refractivity contribution in [1.29, 1.82) is 0 Å². The van der Waals surface area contributed by atoms with Crippen LogP contribution >= 0.6 is 0 Å². The first kappa shape index (κ1) is 21.1. The summed E-state index contributed by atoms with van der Waals surface area (Å²) in [5.74, 6) is 2.51. The third-order valence-electron chi connectivity index (χ3n) is 5.97. The Bertz CT molecular complexity index is 911. The number of likely N-dealkylation sites (tertiary alicyclic amines) is 1. The minimum Gasteiger partial charge on any atom is -0.497 e. The topological polar surface area (TPSA) is 81.5 Å². The molecule has 2 aromatic rings. The first-order valence-corrected chi connectivity index (χ1v) is 10.5. The average molecular weight is 428 g/mol. The van der Waals surface area contributed by atoms with Crippen LogP contribution in [0.2, 0.25) is 0 Å². The van der Waals surface area contributed by atoms with Gasteiger partial charge in [-0.2, -0.15) is 0 Å². The third kappa shape index (κ3) is 4.62. The molecule has 2 aliphatic rings. The summed E-state index contributed by atoms with van der Waals surface area (Å²) in [7, 11) is 1.61. The molecular weight excluding hydrogens is 400 g/mol. The molecule has 8 nitrogen and oxygen atoms in total. The van der Waals surface area contributed by atoms with Crippen LogP contribution in [0.3, 0.4) is 0 Å². The SMILES string of the molecule is COc1ccc(OCC2CN(C3CCN(C(=O)c4cc(C)c(C)o4)CC3)C(=O)O2)cc1. The lowest BCUT2D eigenvalue weighted by molar-refractivity contribution is 0.0626. The Labute approximate surface area is 181 Å². The van der Waals surface area contributed by atoms with E-state index in [9.17, 15) is 9.59 Å². The summed E-state index contributed by atoms with van der Waals surface area (Å²) < 4.78 is 22.0. The van der Waals surface area contributed by atoms with Gasteiger partial charge in [0.05, 0.1) is 13.7 Å². The molecule has 166 valence electrons. The van der Waals surface area contributed by atoms with Crippen molar-refractivity contribution < 1.29 is 28.2 Å². The molecule has 4 rings (SSSR count). The van der Waals surface area contributed by atoms with Gasteiger partial charge in [0, 0.05) is 19.1 Å². The molecule has 1 aromatic heterocycles. The summed E-state index contributed by atoms with van der Waals surface area (Å²) in [6.07, 6.45) is 0.797. The van der Waals surface area contributed by atoms with Crippen molar-refractivity contribution in [3.63, 3.8) is 0 Å². The zero-order valence-corrected chi connectivity index (χ0v) is 18.1. The van der Waals surface area contributed by atoms with Crippen molar-refractivity contribution in [2.24, 2.45) is 0 Å². The monoisotopic (exact) mass is 428 g/mol. The fourth-order valence-corrected chi connectivity index (χ4v) is 4.00. The molecule has 1 atom stereocenters. The molecule has 0 spiro atoms. The van der Waals surface area contributed by atoms with Crippen molar-refractivity contribution in [2.45, 2.75) is 38.8 Å². The van der Waals surface area contributed by atoms with Crippen LogP contribution < -0.4 is 9.47 Å². The largest absolute Gasteiger partial charge is 0.497 e. The Kier molecular flexibility index (Phi) is 6.06. The van der Waals surface area contributed by atoms with Crippen LogP contribution in [0.5, 0.6) is 11.5 Å². The maximum Gasteiger partial charge on any atom is 0.410 e. The normalized spacial score (nSPS) is 19.5. The van der Waals surface area contributed by atoms with E-state index in [2.05, 4.69) is 0 Å². The number of hydrogen-bond acceptors (Lipinski definition) is 6. The molecule has 3 heterocycles. The number of cyclic esters (lactones) is 1. The lowest BCUT2D eigenvalue weighted by atomic mass is 10.0. The standard InChI is InChI=1S/C23H28N2O6/c1-15-12-21(30-16(15)2)22(26)24-10-8-17(9-11-24)25-13-20(31-23(25)27)14-29-19-6-4-18(28-3)5-7-19/h4-7,12,17,20H,8-11,13-14H2,1-3H3. The molecule has 31 heavy (non-hydrogen) atoms. The fraction of sp³-hybridized carbons (Fsp3) is 0.478. The summed E-state index contributed by atoms with van der Waals surface area (Å²) in [4.78, 5) is 28.6. The number of amides is 2. The number of aryl methyl sites for hydroxylation is 2. The van der Waals surface area contributed by atoms with E-state index in [0.717, 1.165) is 17.1 Å². The van der Waals surface area contributed by atoms with Gasteiger partial charge in [0.2, 0.25) is 0 Å². The second kappa shape index (κ2) is 8.91. The number of carbonyl (C=O) groups is 2. The highest BCUT2D eigenvalue weighted by molar-refractivity contribution is 5.91. The summed E-state index contributed by atoms with van der Waals surface area (Å²) in [5.41, 5.74) is 0.973. The molecule has 2 amide bonds. The van der Waals surface area contributed by atoms with Crippen LogP contribution in [-0.2, 0) is 4.74 Å². The third-order valence-corrected chi connectivity index (χ3v) is 5.97. The second-order valence-corrected chi connectivity index (χ2v) is 8.02. The Hall–Kier alpha value is -3.16. The number of ether oxygens (including phenoxy) is 3. The lowest BCUT2D eigenvalue weighted by Crippen LogP contribution is -2.47. The minimum atomic E-state index is -0.316. The number of piperidine rings is 1. The predicted octanol–water partition coefficient (Wildman–Crippen LogP) is 3.41. The molecule has 8 heteroatoms. The van der Waals surface area contributed by atoms with Crippen molar-refractivity contribution in [3.8, 4) is 11.5 Å². The van der Waals surface area contributed by atoms with Crippen LogP contribution in [0.1, 0.15) is 34.7 Å². The van der Waals surface area contributed by atoms with E-state index >= 15 is 0 Å². The van der Waals surface area contributed by atoms with Gasteiger partial charge in [-0.1, -0.05) is 0 Å². The highest BCUT2D eigenvalue weighted by Gasteiger charge is 2.38. The van der Waals surface area contributed by atoms with Crippen molar-refractivity contribution >= 4 is 12.0 Å². The van der Waals surface area contributed by atoms with Gasteiger partial charge >= 0.3 is 6.09 Å². The number of benzene rings is 1. The van der Waals surface area contributed by atoms with Gasteiger partial charge in [-0.15, -0.1) is 0 Å². The number of furan rings is 1. The summed E-state index contributed by atoms with van der Waals surface area (Å²) in [6.45, 7) is 5.73. The first-order valence-electron chi connectivity index (χ1n) is 10.5. The van der Waals surface area contributed by atoms with Gasteiger partial charge in [0.15, 0.2) is 11.9 Å². The quantitative estimate of drug-likeness (QED) is 0.701. The number of methoxy groups -OCH3 is 1. The second-order valence-electron chi connectivity index (χ2n) is 8.02. The van der Waals surface area contributed by atoms with E-state index in [-0.39, 0.29) is 24.1 Å². The van der Waals surface area contributed by atoms with E-state index in [0.29, 0.717) is 50.6 Å². The first-order chi connectivity index (χ1) is 14.9. The van der Waals surface area contributed by atoms with Gasteiger partial charge in [-0.25, -0.2) is 4.79 Å². The lowest BCUT2D eigenvalue weighted by Gasteiger charge is -2.35. The summed E-state index contributed by atoms with van der Waals surface area (Å²) >= 11 is 0. The van der Waals surface area contributed by atoms with Gasteiger partial charge in [-0.05, 0) is 62.6 Å². The molecule has 0 aliphatic carbocycles. The number of rotatable bonds is 6. The van der Waals surface area contributed by atoms with E-state index in [1.807, 2.05) is 38.1 Å². The molecule has 2 fully saturated rings. The zero-order chi connectivity index (χ0) is 22.0. The molecule has 0 N–H and O–H groups in total. The maximum atomic E-state index is 12.7. The molecular formula is C23H28N2O6. The Balaban J connectivity index is 1.26. The van der Waals surface area contributed by atoms with E-state index in [1.165, 1.54) is 0 Å². The van der Waals surface area contributed by atoms with Gasteiger partial charge in [-0.3, -0.25) is 4.79 Å². The van der Waals surface area contributed by atoms with Crippen LogP contribution in [-0.4, -0.2) is 67.3 Å². The van der Waals surface area contributed by atoms with Crippen LogP contribution in [0.15, 0.2) is 34.7 Å². The molecule has 0 saturated carbocycles. The number of carbonyl (C=O) groups excluding carboxylic acids is 2. The molecule has 2 saturated heterocycles. The van der Waals surface area contributed by atoms with E-state index in [4.69, 9.17) is 18.6 Å². The molecule has 0 radical (unpaired) electrons. The van der Waals surface area contributed by atoms with Crippen molar-refractivity contribution in [3.05, 3.63) is 47.4 Å². The number of hydrogen-bond donors (Lipinski definition) is 0. The Morgan fingerprint density at radius 2 is 1.81 bits per heavy atom. The summed E-state index contributed by atoms with van der Waals surface area (Å²) in [5, 5.41) is 0. The van der Waals surface area contributed by atoms with Crippen LogP contribution in [0.4, 0.5) is 4.79 Å². The van der Waals surface area contributed by atoms with Crippen LogP contribution in [0, 0.1) is 13.8 Å². The summed E-state index contributed by atoms with van der Waals surface area (Å²) in [6, 6.07) is 9.13. The van der Waals surface area contributed by atoms with Crippen molar-refractivity contribution in [2.75, 3.05) is 33.4 Å². The predicted molar refractivity (Wildman–Crippen MR) is 113 cm³/mol. The molecule has 1 unspecified atom stereocenters. The van der Waals surface area contributed by atoms with E-state index in [1.54, 1.807) is 23.0 Å². The van der Waals surface area contributed by atoms with Gasteiger partial charge in [0.25, 0.3) is 5.91 Å². The molecule has 0 bridgehead atoms. The van der Waals surface area contributed by atoms with Gasteiger partial charge < -0.3 is 28.4 Å². The van der Waals surface area contributed by atoms with Crippen molar-refractivity contribution in [1.82, 2.24) is 9.80 Å². The average Bonchev–Trinajstić information content (AvgIpc) is 3.33. The fourth-order valence-electron chi connectivity index (χ4n) is 4.00. The molecule has 2 aliphatic heterocycles. The Morgan fingerprint density at radius 1 is 1.13 bits per heavy atom. The highest BCUT2D eigenvalue weighted by Crippen LogP contribution is 2.25. The Morgan fingerprint density at radius 3 is 2.42 bits per heavy atom. The zero-order valence-electron chi connectivity index (χ0n) is 18.1. The molecule has 1 aromatic carbocycles. The smallest absolute Gasteiger partial charge is 0.410 e. The van der Waals surface area contributed by atoms with Gasteiger partial charge in [0.1, 0.15) is 23.9 Å². The maximum absolute atomic E-state index is 12.7. The van der Waals surface area contributed by atoms with E-state index < -0.39 is 0 Å². The number of nitrogens with zero attached hydrogens (tertiary/aromatic N) is 2.